The Labute approximate surface area is 135 Å². The van der Waals surface area contributed by atoms with Gasteiger partial charge in [-0.05, 0) is 52.0 Å². The van der Waals surface area contributed by atoms with Crippen molar-refractivity contribution in [3.05, 3.63) is 0 Å². The van der Waals surface area contributed by atoms with Gasteiger partial charge in [-0.15, -0.1) is 0 Å². The number of hydrogen-bond donors (Lipinski definition) is 1. The largest absolute Gasteiger partial charge is 0.444 e. The molecule has 1 heterocycles. The van der Waals surface area contributed by atoms with Crippen molar-refractivity contribution in [2.24, 2.45) is 11.8 Å². The highest BCUT2D eigenvalue weighted by molar-refractivity contribution is 5.68. The van der Waals surface area contributed by atoms with E-state index in [1.807, 2.05) is 25.7 Å². The van der Waals surface area contributed by atoms with Crippen LogP contribution in [-0.2, 0) is 9.47 Å². The number of amides is 1. The van der Waals surface area contributed by atoms with E-state index in [0.29, 0.717) is 11.8 Å². The summed E-state index contributed by atoms with van der Waals surface area (Å²) >= 11 is 0. The highest BCUT2D eigenvalue weighted by Gasteiger charge is 2.26. The topological polar surface area (TPSA) is 50.8 Å². The number of nitrogens with zero attached hydrogens (tertiary/aromatic N) is 1. The Morgan fingerprint density at radius 3 is 2.45 bits per heavy atom. The first-order valence-corrected chi connectivity index (χ1v) is 8.54. The Morgan fingerprint density at radius 1 is 1.27 bits per heavy atom. The average Bonchev–Trinajstić information content (AvgIpc) is 2.41. The molecule has 1 amide bonds. The van der Waals surface area contributed by atoms with Gasteiger partial charge in [0, 0.05) is 26.2 Å². The van der Waals surface area contributed by atoms with Gasteiger partial charge in [0.2, 0.25) is 0 Å². The maximum absolute atomic E-state index is 12.0. The van der Waals surface area contributed by atoms with Crippen molar-refractivity contribution in [1.29, 1.82) is 0 Å². The zero-order chi connectivity index (χ0) is 16.6. The summed E-state index contributed by atoms with van der Waals surface area (Å²) in [5.74, 6) is 1.24. The summed E-state index contributed by atoms with van der Waals surface area (Å²) in [6.07, 6.45) is 1.81. The molecule has 0 aliphatic carbocycles. The van der Waals surface area contributed by atoms with Crippen molar-refractivity contribution in [3.63, 3.8) is 0 Å². The minimum atomic E-state index is -0.417. The normalized spacial score (nSPS) is 17.1. The van der Waals surface area contributed by atoms with E-state index in [4.69, 9.17) is 9.47 Å². The van der Waals surface area contributed by atoms with Crippen LogP contribution in [0.1, 0.15) is 47.5 Å². The van der Waals surface area contributed by atoms with Gasteiger partial charge in [-0.1, -0.05) is 13.8 Å². The SMILES string of the molecule is CC(C)CNCCOCC1CCN(C(=O)OC(C)(C)C)CC1. The molecule has 0 aromatic rings. The molecule has 1 aliphatic heterocycles. The Kier molecular flexibility index (Phi) is 8.18. The summed E-state index contributed by atoms with van der Waals surface area (Å²) in [6.45, 7) is 15.2. The lowest BCUT2D eigenvalue weighted by Gasteiger charge is -2.33. The maximum Gasteiger partial charge on any atom is 0.410 e. The molecule has 0 aromatic carbocycles. The molecule has 0 unspecified atom stereocenters. The van der Waals surface area contributed by atoms with Crippen LogP contribution >= 0.6 is 0 Å². The lowest BCUT2D eigenvalue weighted by molar-refractivity contribution is 0.0119. The van der Waals surface area contributed by atoms with E-state index in [0.717, 1.165) is 52.2 Å². The fourth-order valence-corrected chi connectivity index (χ4v) is 2.39. The minimum absolute atomic E-state index is 0.190. The molecule has 0 atom stereocenters. The Hall–Kier alpha value is -0.810. The Bertz CT molecular complexity index is 318. The molecule has 130 valence electrons. The van der Waals surface area contributed by atoms with Gasteiger partial charge >= 0.3 is 6.09 Å². The number of carbonyl (C=O) groups is 1. The van der Waals surface area contributed by atoms with Crippen LogP contribution < -0.4 is 5.32 Å². The van der Waals surface area contributed by atoms with E-state index in [9.17, 15) is 4.79 Å². The molecule has 1 aliphatic rings. The van der Waals surface area contributed by atoms with Gasteiger partial charge in [-0.3, -0.25) is 0 Å². The second-order valence-electron chi connectivity index (χ2n) is 7.58. The smallest absolute Gasteiger partial charge is 0.410 e. The zero-order valence-corrected chi connectivity index (χ0v) is 15.0. The molecule has 22 heavy (non-hydrogen) atoms. The number of carbonyl (C=O) groups excluding carboxylic acids is 1. The molecule has 0 aromatic heterocycles. The van der Waals surface area contributed by atoms with Gasteiger partial charge < -0.3 is 19.7 Å². The van der Waals surface area contributed by atoms with Crippen molar-refractivity contribution in [2.45, 2.75) is 53.1 Å². The predicted molar refractivity (Wildman–Crippen MR) is 89.1 cm³/mol. The minimum Gasteiger partial charge on any atom is -0.444 e. The third-order valence-corrected chi connectivity index (χ3v) is 3.60. The average molecular weight is 314 g/mol. The van der Waals surface area contributed by atoms with E-state index in [-0.39, 0.29) is 6.09 Å². The standard InChI is InChI=1S/C17H34N2O3/c1-14(2)12-18-8-11-21-13-15-6-9-19(10-7-15)16(20)22-17(3,4)5/h14-15,18H,6-13H2,1-5H3. The van der Waals surface area contributed by atoms with Crippen LogP contribution in [0.2, 0.25) is 0 Å². The fraction of sp³-hybridized carbons (Fsp3) is 0.941. The summed E-state index contributed by atoms with van der Waals surface area (Å²) in [5.41, 5.74) is -0.417. The molecule has 0 radical (unpaired) electrons. The lowest BCUT2D eigenvalue weighted by Crippen LogP contribution is -2.42. The van der Waals surface area contributed by atoms with Crippen molar-refractivity contribution in [2.75, 3.05) is 39.4 Å². The molecule has 1 saturated heterocycles. The number of ether oxygens (including phenoxy) is 2. The summed E-state index contributed by atoms with van der Waals surface area (Å²) in [7, 11) is 0. The van der Waals surface area contributed by atoms with Crippen LogP contribution in [0.4, 0.5) is 4.79 Å². The predicted octanol–water partition coefficient (Wildman–Crippen LogP) is 2.90. The number of piperidine rings is 1. The van der Waals surface area contributed by atoms with E-state index in [2.05, 4.69) is 19.2 Å². The first-order valence-electron chi connectivity index (χ1n) is 8.54. The second-order valence-corrected chi connectivity index (χ2v) is 7.58. The van der Waals surface area contributed by atoms with E-state index < -0.39 is 5.60 Å². The first-order chi connectivity index (χ1) is 10.3. The summed E-state index contributed by atoms with van der Waals surface area (Å²) < 4.78 is 11.1. The molecule has 1 rings (SSSR count). The number of likely N-dealkylation sites (tertiary alicyclic amines) is 1. The van der Waals surface area contributed by atoms with E-state index in [1.165, 1.54) is 0 Å². The second kappa shape index (κ2) is 9.36. The lowest BCUT2D eigenvalue weighted by atomic mass is 9.98. The van der Waals surface area contributed by atoms with Crippen molar-refractivity contribution in [3.8, 4) is 0 Å². The van der Waals surface area contributed by atoms with Crippen LogP contribution in [0.5, 0.6) is 0 Å². The number of hydrogen-bond acceptors (Lipinski definition) is 4. The molecule has 5 heteroatoms. The summed E-state index contributed by atoms with van der Waals surface area (Å²) in [6, 6.07) is 0. The van der Waals surface area contributed by atoms with Crippen molar-refractivity contribution < 1.29 is 14.3 Å². The molecule has 1 N–H and O–H groups in total. The van der Waals surface area contributed by atoms with Gasteiger partial charge in [0.1, 0.15) is 5.60 Å². The van der Waals surface area contributed by atoms with Crippen LogP contribution in [-0.4, -0.2) is 56.0 Å². The van der Waals surface area contributed by atoms with Crippen molar-refractivity contribution in [1.82, 2.24) is 10.2 Å². The first kappa shape index (κ1) is 19.2. The zero-order valence-electron chi connectivity index (χ0n) is 15.0. The van der Waals surface area contributed by atoms with Crippen LogP contribution in [0, 0.1) is 11.8 Å². The van der Waals surface area contributed by atoms with E-state index >= 15 is 0 Å². The van der Waals surface area contributed by atoms with Crippen LogP contribution in [0.25, 0.3) is 0 Å². The molecule has 0 spiro atoms. The summed E-state index contributed by atoms with van der Waals surface area (Å²) in [4.78, 5) is 13.8. The van der Waals surface area contributed by atoms with Gasteiger partial charge in [0.25, 0.3) is 0 Å². The van der Waals surface area contributed by atoms with Gasteiger partial charge in [0.05, 0.1) is 6.61 Å². The fourth-order valence-electron chi connectivity index (χ4n) is 2.39. The van der Waals surface area contributed by atoms with Gasteiger partial charge in [-0.25, -0.2) is 4.79 Å². The van der Waals surface area contributed by atoms with Crippen LogP contribution in [0.15, 0.2) is 0 Å². The molecule has 0 bridgehead atoms. The van der Waals surface area contributed by atoms with Crippen LogP contribution in [0.3, 0.4) is 0 Å². The highest BCUT2D eigenvalue weighted by Crippen LogP contribution is 2.19. The third kappa shape index (κ3) is 8.59. The number of rotatable bonds is 7. The highest BCUT2D eigenvalue weighted by atomic mass is 16.6. The molecule has 5 nitrogen and oxygen atoms in total. The van der Waals surface area contributed by atoms with Gasteiger partial charge in [-0.2, -0.15) is 0 Å². The maximum atomic E-state index is 12.0. The molecule has 0 saturated carbocycles. The summed E-state index contributed by atoms with van der Waals surface area (Å²) in [5, 5.41) is 3.37. The Balaban J connectivity index is 2.09. The molecular formula is C17H34N2O3. The Morgan fingerprint density at radius 2 is 1.91 bits per heavy atom. The van der Waals surface area contributed by atoms with Gasteiger partial charge in [0.15, 0.2) is 0 Å². The van der Waals surface area contributed by atoms with Crippen molar-refractivity contribution >= 4 is 6.09 Å². The molecular weight excluding hydrogens is 280 g/mol. The molecule has 1 fully saturated rings. The quantitative estimate of drug-likeness (QED) is 0.734. The monoisotopic (exact) mass is 314 g/mol. The van der Waals surface area contributed by atoms with E-state index in [1.54, 1.807) is 0 Å². The number of nitrogens with one attached hydrogen (secondary N) is 1. The third-order valence-electron chi connectivity index (χ3n) is 3.60.